The van der Waals surface area contributed by atoms with Crippen molar-refractivity contribution in [1.29, 1.82) is 0 Å². The smallest absolute Gasteiger partial charge is 0.309 e. The Morgan fingerprint density at radius 1 is 1.32 bits per heavy atom. The van der Waals surface area contributed by atoms with Crippen LogP contribution in [0.1, 0.15) is 19.8 Å². The summed E-state index contributed by atoms with van der Waals surface area (Å²) in [5.41, 5.74) is 0. The molecule has 0 radical (unpaired) electrons. The highest BCUT2D eigenvalue weighted by Gasteiger charge is 2.24. The first-order valence-electron chi connectivity index (χ1n) is 6.74. The van der Waals surface area contributed by atoms with Crippen molar-refractivity contribution in [3.05, 3.63) is 0 Å². The largest absolute Gasteiger partial charge is 0.463 e. The van der Waals surface area contributed by atoms with Crippen molar-refractivity contribution in [2.24, 2.45) is 5.92 Å². The maximum atomic E-state index is 11.8. The van der Waals surface area contributed by atoms with Crippen LogP contribution in [0.15, 0.2) is 0 Å². The molecule has 1 heterocycles. The standard InChI is InChI=1S/C13H24INO4/c1-11(14)9-18-10-17-7-8-19-13(16)12-3-5-15(2)6-4-12/h11-12H,3-10H2,1-2H3. The minimum Gasteiger partial charge on any atom is -0.463 e. The summed E-state index contributed by atoms with van der Waals surface area (Å²) in [6.45, 7) is 5.67. The molecule has 0 amide bonds. The van der Waals surface area contributed by atoms with Crippen LogP contribution < -0.4 is 0 Å². The van der Waals surface area contributed by atoms with Gasteiger partial charge in [-0.15, -0.1) is 0 Å². The molecule has 0 N–H and O–H groups in total. The van der Waals surface area contributed by atoms with Gasteiger partial charge in [0.05, 0.1) is 19.1 Å². The Morgan fingerprint density at radius 3 is 2.63 bits per heavy atom. The average Bonchev–Trinajstić information content (AvgIpc) is 2.38. The molecular weight excluding hydrogens is 361 g/mol. The number of rotatable bonds is 8. The molecule has 1 unspecified atom stereocenters. The number of esters is 1. The van der Waals surface area contributed by atoms with Crippen LogP contribution in [0.2, 0.25) is 0 Å². The van der Waals surface area contributed by atoms with Crippen LogP contribution >= 0.6 is 22.6 Å². The van der Waals surface area contributed by atoms with Gasteiger partial charge in [-0.1, -0.05) is 29.5 Å². The van der Waals surface area contributed by atoms with Crippen LogP contribution in [0.5, 0.6) is 0 Å². The minimum absolute atomic E-state index is 0.0623. The molecule has 1 aliphatic rings. The fourth-order valence-corrected chi connectivity index (χ4v) is 2.15. The number of halogens is 1. The summed E-state index contributed by atoms with van der Waals surface area (Å²) in [4.78, 5) is 14.0. The molecule has 1 fully saturated rings. The van der Waals surface area contributed by atoms with Crippen molar-refractivity contribution >= 4 is 28.6 Å². The zero-order chi connectivity index (χ0) is 14.1. The lowest BCUT2D eigenvalue weighted by molar-refractivity contribution is -0.153. The number of carbonyl (C=O) groups is 1. The lowest BCUT2D eigenvalue weighted by atomic mass is 9.97. The molecule has 1 aliphatic heterocycles. The van der Waals surface area contributed by atoms with Crippen LogP contribution in [0.25, 0.3) is 0 Å². The van der Waals surface area contributed by atoms with E-state index in [1.807, 2.05) is 0 Å². The molecule has 0 saturated carbocycles. The zero-order valence-electron chi connectivity index (χ0n) is 11.8. The lowest BCUT2D eigenvalue weighted by Crippen LogP contribution is -2.34. The van der Waals surface area contributed by atoms with E-state index >= 15 is 0 Å². The van der Waals surface area contributed by atoms with Crippen LogP contribution in [-0.2, 0) is 19.0 Å². The topological polar surface area (TPSA) is 48.0 Å². The van der Waals surface area contributed by atoms with Gasteiger partial charge in [-0.05, 0) is 33.0 Å². The third-order valence-electron chi connectivity index (χ3n) is 3.04. The van der Waals surface area contributed by atoms with E-state index in [0.29, 0.717) is 23.7 Å². The number of likely N-dealkylation sites (tertiary alicyclic amines) is 1. The second-order valence-corrected chi connectivity index (χ2v) is 7.05. The Labute approximate surface area is 129 Å². The summed E-state index contributed by atoms with van der Waals surface area (Å²) in [5.74, 6) is -0.0224. The van der Waals surface area contributed by atoms with Crippen LogP contribution in [0, 0.1) is 5.92 Å². The number of ether oxygens (including phenoxy) is 3. The number of hydrogen-bond acceptors (Lipinski definition) is 5. The van der Waals surface area contributed by atoms with Gasteiger partial charge < -0.3 is 19.1 Å². The van der Waals surface area contributed by atoms with Crippen molar-refractivity contribution in [2.45, 2.75) is 23.7 Å². The third kappa shape index (κ3) is 8.06. The Balaban J connectivity index is 1.95. The summed E-state index contributed by atoms with van der Waals surface area (Å²) < 4.78 is 16.2. The predicted molar refractivity (Wildman–Crippen MR) is 81.4 cm³/mol. The van der Waals surface area contributed by atoms with Crippen molar-refractivity contribution in [3.8, 4) is 0 Å². The number of nitrogens with zero attached hydrogens (tertiary/aromatic N) is 1. The first-order valence-corrected chi connectivity index (χ1v) is 7.99. The maximum absolute atomic E-state index is 11.8. The Hall–Kier alpha value is 0.0800. The van der Waals surface area contributed by atoms with E-state index in [1.165, 1.54) is 0 Å². The molecule has 0 aromatic carbocycles. The molecule has 0 spiro atoms. The average molecular weight is 385 g/mol. The molecule has 1 atom stereocenters. The Bertz CT molecular complexity index is 255. The number of carbonyl (C=O) groups excluding carboxylic acids is 1. The van der Waals surface area contributed by atoms with Crippen LogP contribution in [-0.4, -0.2) is 61.5 Å². The predicted octanol–water partition coefficient (Wildman–Crippen LogP) is 1.69. The van der Waals surface area contributed by atoms with Gasteiger partial charge in [-0.25, -0.2) is 0 Å². The number of alkyl halides is 1. The molecule has 6 heteroatoms. The summed E-state index contributed by atoms with van der Waals surface area (Å²) in [6, 6.07) is 0. The lowest BCUT2D eigenvalue weighted by Gasteiger charge is -2.27. The van der Waals surface area contributed by atoms with Gasteiger partial charge in [0.1, 0.15) is 13.4 Å². The van der Waals surface area contributed by atoms with Gasteiger partial charge in [0.15, 0.2) is 0 Å². The van der Waals surface area contributed by atoms with E-state index in [4.69, 9.17) is 14.2 Å². The highest BCUT2D eigenvalue weighted by Crippen LogP contribution is 2.17. The number of piperidine rings is 1. The molecule has 5 nitrogen and oxygen atoms in total. The monoisotopic (exact) mass is 385 g/mol. The molecular formula is C13H24INO4. The van der Waals surface area contributed by atoms with Crippen molar-refractivity contribution < 1.29 is 19.0 Å². The van der Waals surface area contributed by atoms with Gasteiger partial charge in [-0.2, -0.15) is 0 Å². The van der Waals surface area contributed by atoms with E-state index in [0.717, 1.165) is 25.9 Å². The fourth-order valence-electron chi connectivity index (χ4n) is 1.89. The van der Waals surface area contributed by atoms with E-state index in [-0.39, 0.29) is 18.7 Å². The molecule has 0 bridgehead atoms. The molecule has 1 saturated heterocycles. The molecule has 112 valence electrons. The Morgan fingerprint density at radius 2 is 2.00 bits per heavy atom. The van der Waals surface area contributed by atoms with E-state index < -0.39 is 0 Å². The van der Waals surface area contributed by atoms with E-state index in [9.17, 15) is 4.79 Å². The van der Waals surface area contributed by atoms with Crippen LogP contribution in [0.3, 0.4) is 0 Å². The van der Waals surface area contributed by atoms with Gasteiger partial charge in [-0.3, -0.25) is 4.79 Å². The first kappa shape index (κ1) is 17.1. The molecule has 19 heavy (non-hydrogen) atoms. The van der Waals surface area contributed by atoms with Gasteiger partial charge in [0.25, 0.3) is 0 Å². The fraction of sp³-hybridized carbons (Fsp3) is 0.923. The van der Waals surface area contributed by atoms with Gasteiger partial charge in [0.2, 0.25) is 0 Å². The van der Waals surface area contributed by atoms with Crippen molar-refractivity contribution in [3.63, 3.8) is 0 Å². The summed E-state index contributed by atoms with van der Waals surface area (Å²) in [7, 11) is 2.08. The first-order chi connectivity index (χ1) is 9.09. The van der Waals surface area contributed by atoms with Gasteiger partial charge in [0, 0.05) is 3.92 Å². The highest BCUT2D eigenvalue weighted by molar-refractivity contribution is 14.1. The normalized spacial score (nSPS) is 19.3. The number of hydrogen-bond donors (Lipinski definition) is 0. The van der Waals surface area contributed by atoms with Crippen LogP contribution in [0.4, 0.5) is 0 Å². The molecule has 1 rings (SSSR count). The molecule has 0 aromatic rings. The van der Waals surface area contributed by atoms with E-state index in [2.05, 4.69) is 41.5 Å². The Kier molecular flexibility index (Phi) is 8.93. The quantitative estimate of drug-likeness (QED) is 0.209. The highest BCUT2D eigenvalue weighted by atomic mass is 127. The van der Waals surface area contributed by atoms with Crippen molar-refractivity contribution in [2.75, 3.05) is 46.8 Å². The summed E-state index contributed by atoms with van der Waals surface area (Å²) in [6.07, 6.45) is 1.79. The SMILES string of the molecule is CC(I)COCOCCOC(=O)C1CCN(C)CC1. The maximum Gasteiger partial charge on any atom is 0.309 e. The zero-order valence-corrected chi connectivity index (χ0v) is 13.9. The second kappa shape index (κ2) is 9.90. The van der Waals surface area contributed by atoms with Crippen molar-refractivity contribution in [1.82, 2.24) is 4.90 Å². The summed E-state index contributed by atoms with van der Waals surface area (Å²) in [5, 5.41) is 0. The summed E-state index contributed by atoms with van der Waals surface area (Å²) >= 11 is 2.29. The third-order valence-corrected chi connectivity index (χ3v) is 3.40. The van der Waals surface area contributed by atoms with Gasteiger partial charge >= 0.3 is 5.97 Å². The molecule has 0 aliphatic carbocycles. The van der Waals surface area contributed by atoms with E-state index in [1.54, 1.807) is 0 Å². The molecule has 0 aromatic heterocycles. The minimum atomic E-state index is -0.0847. The second-order valence-electron chi connectivity index (χ2n) is 4.92.